The molecule has 7 heteroatoms. The van der Waals surface area contributed by atoms with Crippen LogP contribution >= 0.6 is 0 Å². The first kappa shape index (κ1) is 16.4. The van der Waals surface area contributed by atoms with E-state index in [-0.39, 0.29) is 6.61 Å². The number of hydrogen-bond donors (Lipinski definition) is 2. The van der Waals surface area contributed by atoms with Gasteiger partial charge in [-0.15, -0.1) is 0 Å². The van der Waals surface area contributed by atoms with E-state index in [1.807, 2.05) is 11.8 Å². The molecule has 0 spiro atoms. The first-order valence-electron chi connectivity index (χ1n) is 7.01. The number of aliphatic hydroxyl groups is 2. The maximum Gasteiger partial charge on any atom is 0.243 e. The van der Waals surface area contributed by atoms with Crippen LogP contribution in [-0.4, -0.2) is 73.3 Å². The van der Waals surface area contributed by atoms with Crippen molar-refractivity contribution in [2.45, 2.75) is 17.9 Å². The lowest BCUT2D eigenvalue weighted by Gasteiger charge is -2.34. The number of benzene rings is 1. The summed E-state index contributed by atoms with van der Waals surface area (Å²) in [5, 5.41) is 18.3. The van der Waals surface area contributed by atoms with Gasteiger partial charge in [-0.1, -0.05) is 17.7 Å². The van der Waals surface area contributed by atoms with E-state index in [9.17, 15) is 13.5 Å². The fourth-order valence-corrected chi connectivity index (χ4v) is 3.79. The molecule has 118 valence electrons. The van der Waals surface area contributed by atoms with Gasteiger partial charge in [-0.05, 0) is 19.1 Å². The second-order valence-electron chi connectivity index (χ2n) is 5.35. The van der Waals surface area contributed by atoms with E-state index in [1.165, 1.54) is 4.31 Å². The van der Waals surface area contributed by atoms with Gasteiger partial charge < -0.3 is 10.2 Å². The Balaban J connectivity index is 1.99. The third-order valence-electron chi connectivity index (χ3n) is 3.67. The standard InChI is InChI=1S/C14H22N2O4S/c1-12-2-4-14(5-3-12)21(19,20)16-8-6-15(7-9-16)10-13(18)11-17/h2-5,13,17-18H,6-11H2,1H3. The zero-order chi connectivity index (χ0) is 15.5. The van der Waals surface area contributed by atoms with Crippen molar-refractivity contribution in [3.63, 3.8) is 0 Å². The van der Waals surface area contributed by atoms with Gasteiger partial charge in [0, 0.05) is 32.7 Å². The minimum atomic E-state index is -3.44. The average molecular weight is 314 g/mol. The molecule has 1 aromatic rings. The van der Waals surface area contributed by atoms with Crippen molar-refractivity contribution in [2.24, 2.45) is 0 Å². The van der Waals surface area contributed by atoms with Crippen LogP contribution in [0.15, 0.2) is 29.2 Å². The molecule has 6 nitrogen and oxygen atoms in total. The fraction of sp³-hybridized carbons (Fsp3) is 0.571. The van der Waals surface area contributed by atoms with Crippen LogP contribution in [0.4, 0.5) is 0 Å². The second kappa shape index (κ2) is 6.85. The second-order valence-corrected chi connectivity index (χ2v) is 7.29. The summed E-state index contributed by atoms with van der Waals surface area (Å²) in [7, 11) is -3.44. The number of nitrogens with zero attached hydrogens (tertiary/aromatic N) is 2. The van der Waals surface area contributed by atoms with E-state index in [1.54, 1.807) is 24.3 Å². The van der Waals surface area contributed by atoms with Crippen molar-refractivity contribution < 1.29 is 18.6 Å². The molecule has 1 fully saturated rings. The smallest absolute Gasteiger partial charge is 0.243 e. The maximum absolute atomic E-state index is 12.5. The van der Waals surface area contributed by atoms with Crippen LogP contribution < -0.4 is 0 Å². The number of piperazine rings is 1. The van der Waals surface area contributed by atoms with Crippen molar-refractivity contribution in [1.82, 2.24) is 9.21 Å². The molecule has 1 aliphatic heterocycles. The van der Waals surface area contributed by atoms with E-state index in [0.29, 0.717) is 37.6 Å². The number of aryl methyl sites for hydroxylation is 1. The highest BCUT2D eigenvalue weighted by atomic mass is 32.2. The minimum absolute atomic E-state index is 0.276. The van der Waals surface area contributed by atoms with Crippen molar-refractivity contribution in [3.8, 4) is 0 Å². The van der Waals surface area contributed by atoms with Crippen molar-refractivity contribution in [1.29, 1.82) is 0 Å². The monoisotopic (exact) mass is 314 g/mol. The molecule has 1 saturated heterocycles. The number of hydrogen-bond acceptors (Lipinski definition) is 5. The number of rotatable bonds is 5. The molecule has 21 heavy (non-hydrogen) atoms. The van der Waals surface area contributed by atoms with E-state index in [4.69, 9.17) is 5.11 Å². The summed E-state index contributed by atoms with van der Waals surface area (Å²) >= 11 is 0. The Morgan fingerprint density at radius 3 is 2.24 bits per heavy atom. The minimum Gasteiger partial charge on any atom is -0.394 e. The van der Waals surface area contributed by atoms with Crippen LogP contribution in [0.1, 0.15) is 5.56 Å². The molecule has 0 aromatic heterocycles. The number of aliphatic hydroxyl groups excluding tert-OH is 2. The topological polar surface area (TPSA) is 81.1 Å². The number of sulfonamides is 1. The Morgan fingerprint density at radius 2 is 1.71 bits per heavy atom. The highest BCUT2D eigenvalue weighted by molar-refractivity contribution is 7.89. The van der Waals surface area contributed by atoms with E-state index in [2.05, 4.69) is 0 Å². The molecule has 1 heterocycles. The van der Waals surface area contributed by atoms with Gasteiger partial charge in [0.25, 0.3) is 0 Å². The van der Waals surface area contributed by atoms with Crippen molar-refractivity contribution >= 4 is 10.0 Å². The van der Waals surface area contributed by atoms with Gasteiger partial charge >= 0.3 is 0 Å². The SMILES string of the molecule is Cc1ccc(S(=O)(=O)N2CCN(CC(O)CO)CC2)cc1. The summed E-state index contributed by atoms with van der Waals surface area (Å²) in [6.45, 7) is 3.92. The van der Waals surface area contributed by atoms with Gasteiger partial charge in [-0.3, -0.25) is 4.90 Å². The van der Waals surface area contributed by atoms with Gasteiger partial charge in [0.05, 0.1) is 17.6 Å². The van der Waals surface area contributed by atoms with Gasteiger partial charge in [0.2, 0.25) is 10.0 Å². The first-order chi connectivity index (χ1) is 9.93. The lowest BCUT2D eigenvalue weighted by Crippen LogP contribution is -2.50. The molecule has 1 aromatic carbocycles. The molecular formula is C14H22N2O4S. The fourth-order valence-electron chi connectivity index (χ4n) is 2.37. The van der Waals surface area contributed by atoms with E-state index in [0.717, 1.165) is 5.56 Å². The average Bonchev–Trinajstić information content (AvgIpc) is 2.48. The van der Waals surface area contributed by atoms with E-state index >= 15 is 0 Å². The summed E-state index contributed by atoms with van der Waals surface area (Å²) in [4.78, 5) is 2.28. The molecule has 2 rings (SSSR count). The molecule has 2 N–H and O–H groups in total. The summed E-state index contributed by atoms with van der Waals surface area (Å²) in [5.74, 6) is 0. The molecule has 0 bridgehead atoms. The van der Waals surface area contributed by atoms with Crippen LogP contribution in [0, 0.1) is 6.92 Å². The summed E-state index contributed by atoms with van der Waals surface area (Å²) in [6.07, 6.45) is -0.773. The van der Waals surface area contributed by atoms with Crippen LogP contribution in [0.25, 0.3) is 0 Å². The molecule has 1 atom stereocenters. The third kappa shape index (κ3) is 4.02. The molecule has 0 radical (unpaired) electrons. The molecule has 0 aliphatic carbocycles. The summed E-state index contributed by atoms with van der Waals surface area (Å²) < 4.78 is 26.5. The lowest BCUT2D eigenvalue weighted by atomic mass is 10.2. The normalized spacial score (nSPS) is 19.6. The Hall–Kier alpha value is -0.990. The molecule has 1 aliphatic rings. The van der Waals surface area contributed by atoms with Crippen molar-refractivity contribution in [2.75, 3.05) is 39.3 Å². The van der Waals surface area contributed by atoms with Crippen LogP contribution in [-0.2, 0) is 10.0 Å². The zero-order valence-electron chi connectivity index (χ0n) is 12.1. The zero-order valence-corrected chi connectivity index (χ0v) is 13.0. The first-order valence-corrected chi connectivity index (χ1v) is 8.45. The van der Waals surface area contributed by atoms with Crippen LogP contribution in [0.2, 0.25) is 0 Å². The highest BCUT2D eigenvalue weighted by Gasteiger charge is 2.28. The number of β-amino-alcohol motifs (C(OH)–C–C–N with tert-alkyl or cyclic N) is 1. The van der Waals surface area contributed by atoms with Crippen LogP contribution in [0.3, 0.4) is 0 Å². The van der Waals surface area contributed by atoms with E-state index < -0.39 is 16.1 Å². The molecular weight excluding hydrogens is 292 g/mol. The third-order valence-corrected chi connectivity index (χ3v) is 5.58. The van der Waals surface area contributed by atoms with Gasteiger partial charge in [0.15, 0.2) is 0 Å². The summed E-state index contributed by atoms with van der Waals surface area (Å²) in [5.41, 5.74) is 1.02. The quantitative estimate of drug-likeness (QED) is 0.777. The summed E-state index contributed by atoms with van der Waals surface area (Å²) in [6, 6.07) is 6.85. The van der Waals surface area contributed by atoms with Crippen molar-refractivity contribution in [3.05, 3.63) is 29.8 Å². The molecule has 0 amide bonds. The maximum atomic E-state index is 12.5. The largest absolute Gasteiger partial charge is 0.394 e. The Bertz CT molecular complexity index is 551. The predicted molar refractivity (Wildman–Crippen MR) is 79.5 cm³/mol. The lowest BCUT2D eigenvalue weighted by molar-refractivity contribution is 0.0491. The Morgan fingerprint density at radius 1 is 1.14 bits per heavy atom. The van der Waals surface area contributed by atoms with Crippen LogP contribution in [0.5, 0.6) is 0 Å². The van der Waals surface area contributed by atoms with Gasteiger partial charge in [-0.2, -0.15) is 4.31 Å². The highest BCUT2D eigenvalue weighted by Crippen LogP contribution is 2.18. The molecule has 1 unspecified atom stereocenters. The Labute approximate surface area is 125 Å². The van der Waals surface area contributed by atoms with Gasteiger partial charge in [0.1, 0.15) is 0 Å². The predicted octanol–water partition coefficient (Wildman–Crippen LogP) is -0.345. The Kier molecular flexibility index (Phi) is 5.34. The molecule has 0 saturated carbocycles. The van der Waals surface area contributed by atoms with Gasteiger partial charge in [-0.25, -0.2) is 8.42 Å².